The van der Waals surface area contributed by atoms with Gasteiger partial charge in [-0.25, -0.2) is 0 Å². The first kappa shape index (κ1) is 26.0. The number of hydrogen-bond acceptors (Lipinski definition) is 6. The van der Waals surface area contributed by atoms with Gasteiger partial charge in [-0.1, -0.05) is 18.2 Å². The number of nitrogens with zero attached hydrogens (tertiary/aromatic N) is 1. The number of nitrogens with one attached hydrogen (secondary N) is 2. The van der Waals surface area contributed by atoms with Crippen molar-refractivity contribution in [1.82, 2.24) is 10.6 Å². The van der Waals surface area contributed by atoms with Gasteiger partial charge in [-0.2, -0.15) is 0 Å². The summed E-state index contributed by atoms with van der Waals surface area (Å²) in [6.45, 7) is 0.972. The van der Waals surface area contributed by atoms with Crippen molar-refractivity contribution in [1.29, 1.82) is 0 Å². The maximum Gasteiger partial charge on any atom is 0.191 e. The van der Waals surface area contributed by atoms with Gasteiger partial charge in [0, 0.05) is 47.4 Å². The normalized spacial score (nSPS) is 12.1. The summed E-state index contributed by atoms with van der Waals surface area (Å²) in [4.78, 5) is 5.17. The van der Waals surface area contributed by atoms with Gasteiger partial charge in [0.25, 0.3) is 0 Å². The van der Waals surface area contributed by atoms with Crippen molar-refractivity contribution in [2.45, 2.75) is 12.5 Å². The number of methoxy groups -OCH3 is 3. The fourth-order valence-corrected chi connectivity index (χ4v) is 4.36. The summed E-state index contributed by atoms with van der Waals surface area (Å²) in [6, 6.07) is 13.8. The van der Waals surface area contributed by atoms with Crippen molar-refractivity contribution in [2.24, 2.45) is 4.99 Å². The van der Waals surface area contributed by atoms with Crippen molar-refractivity contribution in [3.63, 3.8) is 0 Å². The predicted molar refractivity (Wildman–Crippen MR) is 141 cm³/mol. The number of aliphatic hydroxyl groups excluding tert-OH is 1. The van der Waals surface area contributed by atoms with Crippen LogP contribution >= 0.6 is 35.3 Å². The van der Waals surface area contributed by atoms with E-state index in [2.05, 4.69) is 27.8 Å². The number of ether oxygens (including phenoxy) is 3. The third kappa shape index (κ3) is 6.39. The van der Waals surface area contributed by atoms with Crippen LogP contribution in [-0.4, -0.2) is 52.5 Å². The van der Waals surface area contributed by atoms with Crippen LogP contribution in [-0.2, 0) is 6.42 Å². The molecule has 0 fully saturated rings. The number of rotatable bonds is 9. The minimum Gasteiger partial charge on any atom is -0.496 e. The zero-order valence-corrected chi connectivity index (χ0v) is 21.8. The van der Waals surface area contributed by atoms with Crippen molar-refractivity contribution in [3.05, 3.63) is 52.9 Å². The number of aliphatic hydroxyl groups is 1. The Morgan fingerprint density at radius 3 is 2.31 bits per heavy atom. The van der Waals surface area contributed by atoms with Gasteiger partial charge in [-0.05, 0) is 23.9 Å². The molecule has 3 N–H and O–H groups in total. The third-order valence-electron chi connectivity index (χ3n) is 4.94. The summed E-state index contributed by atoms with van der Waals surface area (Å²) in [7, 11) is 6.57. The Balaban J connectivity index is 0.00000363. The highest BCUT2D eigenvalue weighted by Crippen LogP contribution is 2.34. The second-order valence-corrected chi connectivity index (χ2v) is 7.96. The molecule has 0 aliphatic heterocycles. The van der Waals surface area contributed by atoms with Crippen molar-refractivity contribution < 1.29 is 19.3 Å². The molecule has 0 saturated heterocycles. The molecule has 0 radical (unpaired) electrons. The molecule has 32 heavy (non-hydrogen) atoms. The number of halogens is 1. The van der Waals surface area contributed by atoms with Gasteiger partial charge in [-0.15, -0.1) is 35.3 Å². The first-order valence-electron chi connectivity index (χ1n) is 9.99. The van der Waals surface area contributed by atoms with Crippen molar-refractivity contribution >= 4 is 51.4 Å². The number of benzene rings is 2. The lowest BCUT2D eigenvalue weighted by Crippen LogP contribution is -2.40. The van der Waals surface area contributed by atoms with E-state index in [1.165, 1.54) is 4.70 Å². The van der Waals surface area contributed by atoms with Crippen LogP contribution in [0.15, 0.2) is 47.5 Å². The van der Waals surface area contributed by atoms with E-state index < -0.39 is 6.10 Å². The molecule has 174 valence electrons. The van der Waals surface area contributed by atoms with Gasteiger partial charge in [0.15, 0.2) is 5.96 Å². The monoisotopic (exact) mass is 571 g/mol. The van der Waals surface area contributed by atoms with Crippen molar-refractivity contribution in [2.75, 3.05) is 41.5 Å². The average molecular weight is 571 g/mol. The predicted octanol–water partition coefficient (Wildman–Crippen LogP) is 3.99. The second kappa shape index (κ2) is 12.7. The number of thiophene rings is 1. The van der Waals surface area contributed by atoms with Crippen molar-refractivity contribution in [3.8, 4) is 17.2 Å². The molecule has 0 aliphatic rings. The Morgan fingerprint density at radius 1 is 1.03 bits per heavy atom. The summed E-state index contributed by atoms with van der Waals surface area (Å²) in [5, 5.41) is 18.2. The molecule has 0 aliphatic carbocycles. The van der Waals surface area contributed by atoms with Crippen LogP contribution in [0.2, 0.25) is 0 Å². The SMILES string of the molecule is CN=C(NCCc1c(OC)cc(OC)cc1OC)NCC(O)c1cc2ccccc2s1.I. The molecule has 1 heterocycles. The molecular weight excluding hydrogens is 541 g/mol. The van der Waals surface area contributed by atoms with E-state index in [1.54, 1.807) is 39.7 Å². The molecule has 3 aromatic rings. The maximum atomic E-state index is 10.6. The molecule has 1 atom stereocenters. The van der Waals surface area contributed by atoms with Crippen LogP contribution in [0, 0.1) is 0 Å². The van der Waals surface area contributed by atoms with E-state index in [0.29, 0.717) is 42.7 Å². The van der Waals surface area contributed by atoms with Gasteiger partial charge in [0.05, 0.1) is 21.3 Å². The van der Waals surface area contributed by atoms with E-state index in [0.717, 1.165) is 15.8 Å². The summed E-state index contributed by atoms with van der Waals surface area (Å²) in [5.74, 6) is 2.71. The minimum absolute atomic E-state index is 0. The molecule has 0 spiro atoms. The Hall–Kier alpha value is -2.24. The highest BCUT2D eigenvalue weighted by Gasteiger charge is 2.14. The fourth-order valence-electron chi connectivity index (χ4n) is 3.31. The van der Waals surface area contributed by atoms with Gasteiger partial charge in [0.2, 0.25) is 0 Å². The van der Waals surface area contributed by atoms with Crippen LogP contribution in [0.4, 0.5) is 0 Å². The molecule has 1 unspecified atom stereocenters. The van der Waals surface area contributed by atoms with E-state index in [9.17, 15) is 5.11 Å². The summed E-state index contributed by atoms with van der Waals surface area (Å²) >= 11 is 1.60. The van der Waals surface area contributed by atoms with E-state index in [4.69, 9.17) is 14.2 Å². The average Bonchev–Trinajstić information content (AvgIpc) is 3.25. The third-order valence-corrected chi connectivity index (χ3v) is 6.16. The van der Waals surface area contributed by atoms with Crippen LogP contribution < -0.4 is 24.8 Å². The highest BCUT2D eigenvalue weighted by molar-refractivity contribution is 14.0. The number of hydrogen-bond donors (Lipinski definition) is 3. The molecule has 1 aromatic heterocycles. The van der Waals surface area contributed by atoms with Crippen LogP contribution in [0.5, 0.6) is 17.2 Å². The number of guanidine groups is 1. The number of fused-ring (bicyclic) bond motifs is 1. The molecule has 0 saturated carbocycles. The van der Waals surface area contributed by atoms with Gasteiger partial charge in [-0.3, -0.25) is 4.99 Å². The lowest BCUT2D eigenvalue weighted by atomic mass is 10.1. The summed E-state index contributed by atoms with van der Waals surface area (Å²) < 4.78 is 17.5. The van der Waals surface area contributed by atoms with Crippen LogP contribution in [0.3, 0.4) is 0 Å². The molecule has 3 rings (SSSR count). The molecule has 9 heteroatoms. The zero-order chi connectivity index (χ0) is 22.2. The van der Waals surface area contributed by atoms with E-state index in [-0.39, 0.29) is 24.0 Å². The smallest absolute Gasteiger partial charge is 0.191 e. The first-order chi connectivity index (χ1) is 15.1. The van der Waals surface area contributed by atoms with E-state index in [1.807, 2.05) is 30.3 Å². The van der Waals surface area contributed by atoms with Crippen LogP contribution in [0.25, 0.3) is 10.1 Å². The molecular formula is C23H30IN3O4S. The fraction of sp³-hybridized carbons (Fsp3) is 0.348. The summed E-state index contributed by atoms with van der Waals surface area (Å²) in [5.41, 5.74) is 0.944. The first-order valence-corrected chi connectivity index (χ1v) is 10.8. The topological polar surface area (TPSA) is 84.3 Å². The van der Waals surface area contributed by atoms with E-state index >= 15 is 0 Å². The largest absolute Gasteiger partial charge is 0.496 e. The Bertz CT molecular complexity index is 983. The minimum atomic E-state index is -0.613. The number of aliphatic imine (C=N–C) groups is 1. The standard InChI is InChI=1S/C23H29N3O4S.HI/c1-24-23(26-14-18(27)22-11-15-7-5-6-8-21(15)31-22)25-10-9-17-19(29-3)12-16(28-2)13-20(17)30-4;/h5-8,11-13,18,27H,9-10,14H2,1-4H3,(H2,24,25,26);1H. The molecule has 0 amide bonds. The quantitative estimate of drug-likeness (QED) is 0.205. The Morgan fingerprint density at radius 2 is 1.72 bits per heavy atom. The maximum absolute atomic E-state index is 10.6. The van der Waals surface area contributed by atoms with Gasteiger partial charge >= 0.3 is 0 Å². The Labute approximate surface area is 209 Å². The lowest BCUT2D eigenvalue weighted by Gasteiger charge is -2.17. The van der Waals surface area contributed by atoms with Gasteiger partial charge < -0.3 is 30.0 Å². The summed E-state index contributed by atoms with van der Waals surface area (Å²) in [6.07, 6.45) is 0.0494. The van der Waals surface area contributed by atoms with Gasteiger partial charge in [0.1, 0.15) is 23.4 Å². The Kier molecular flexibility index (Phi) is 10.3. The molecule has 0 bridgehead atoms. The second-order valence-electron chi connectivity index (χ2n) is 6.84. The lowest BCUT2D eigenvalue weighted by molar-refractivity contribution is 0.184. The highest BCUT2D eigenvalue weighted by atomic mass is 127. The zero-order valence-electron chi connectivity index (χ0n) is 18.7. The molecule has 2 aromatic carbocycles. The van der Waals surface area contributed by atoms with Crippen LogP contribution in [0.1, 0.15) is 16.5 Å². The molecule has 7 nitrogen and oxygen atoms in total.